The quantitative estimate of drug-likeness (QED) is 0.869. The van der Waals surface area contributed by atoms with Gasteiger partial charge < -0.3 is 0 Å². The topological polar surface area (TPSA) is 57.9 Å². The van der Waals surface area contributed by atoms with Gasteiger partial charge in [-0.15, -0.1) is 11.3 Å². The van der Waals surface area contributed by atoms with Gasteiger partial charge in [0.05, 0.1) is 17.4 Å². The van der Waals surface area contributed by atoms with Crippen LogP contribution >= 0.6 is 11.3 Å². The van der Waals surface area contributed by atoms with Gasteiger partial charge in [0, 0.05) is 0 Å². The zero-order chi connectivity index (χ0) is 13.2. The molecule has 0 amide bonds. The maximum absolute atomic E-state index is 13.2. The molecular formula is C12H8FNO2S2. The Bertz CT molecular complexity index is 700. The fourth-order valence-electron chi connectivity index (χ4n) is 1.53. The number of benzene rings is 1. The minimum Gasteiger partial charge on any atom is -0.223 e. The molecule has 0 N–H and O–H groups in total. The summed E-state index contributed by atoms with van der Waals surface area (Å²) in [5.41, 5.74) is 0.395. The van der Waals surface area contributed by atoms with Gasteiger partial charge in [-0.2, -0.15) is 5.26 Å². The molecule has 0 radical (unpaired) electrons. The van der Waals surface area contributed by atoms with Gasteiger partial charge in [0.1, 0.15) is 10.0 Å². The third kappa shape index (κ3) is 2.75. The zero-order valence-corrected chi connectivity index (χ0v) is 10.8. The van der Waals surface area contributed by atoms with E-state index in [1.54, 1.807) is 17.5 Å². The molecule has 0 atom stereocenters. The molecule has 0 aliphatic carbocycles. The molecule has 1 aromatic carbocycles. The second kappa shape index (κ2) is 4.88. The third-order valence-corrected chi connectivity index (χ3v) is 5.42. The smallest absolute Gasteiger partial charge is 0.191 e. The molecule has 0 saturated carbocycles. The van der Waals surface area contributed by atoms with E-state index in [1.807, 2.05) is 0 Å². The van der Waals surface area contributed by atoms with Crippen LogP contribution in [0, 0.1) is 17.1 Å². The summed E-state index contributed by atoms with van der Waals surface area (Å²) < 4.78 is 37.4. The maximum Gasteiger partial charge on any atom is 0.191 e. The number of nitrogens with zero attached hydrogens (tertiary/aromatic N) is 1. The second-order valence-electron chi connectivity index (χ2n) is 3.65. The van der Waals surface area contributed by atoms with Crippen LogP contribution in [0.25, 0.3) is 0 Å². The highest BCUT2D eigenvalue weighted by Gasteiger charge is 2.17. The normalized spacial score (nSPS) is 11.1. The second-order valence-corrected chi connectivity index (χ2v) is 6.82. The van der Waals surface area contributed by atoms with Gasteiger partial charge in [0.25, 0.3) is 0 Å². The van der Waals surface area contributed by atoms with Gasteiger partial charge in [-0.1, -0.05) is 6.07 Å². The molecule has 6 heteroatoms. The van der Waals surface area contributed by atoms with Gasteiger partial charge in [0.2, 0.25) is 0 Å². The lowest BCUT2D eigenvalue weighted by molar-refractivity contribution is 0.596. The number of rotatable bonds is 3. The summed E-state index contributed by atoms with van der Waals surface area (Å²) in [6.07, 6.45) is 0. The molecule has 1 aromatic heterocycles. The summed E-state index contributed by atoms with van der Waals surface area (Å²) in [4.78, 5) is 0. The monoisotopic (exact) mass is 281 g/mol. The van der Waals surface area contributed by atoms with E-state index in [9.17, 15) is 12.8 Å². The van der Waals surface area contributed by atoms with Gasteiger partial charge in [-0.05, 0) is 35.2 Å². The molecule has 0 fully saturated rings. The summed E-state index contributed by atoms with van der Waals surface area (Å²) in [6.45, 7) is 0. The Morgan fingerprint density at radius 1 is 1.33 bits per heavy atom. The van der Waals surface area contributed by atoms with Crippen molar-refractivity contribution in [1.29, 1.82) is 5.26 Å². The van der Waals surface area contributed by atoms with Crippen molar-refractivity contribution in [2.24, 2.45) is 0 Å². The lowest BCUT2D eigenvalue weighted by Gasteiger charge is -2.03. The highest BCUT2D eigenvalue weighted by atomic mass is 32.2. The van der Waals surface area contributed by atoms with Gasteiger partial charge in [-0.3, -0.25) is 0 Å². The molecule has 0 aliphatic rings. The Labute approximate surface area is 108 Å². The fourth-order valence-corrected chi connectivity index (χ4v) is 3.94. The van der Waals surface area contributed by atoms with Crippen molar-refractivity contribution >= 4 is 21.2 Å². The van der Waals surface area contributed by atoms with E-state index < -0.39 is 15.7 Å². The molecule has 18 heavy (non-hydrogen) atoms. The lowest BCUT2D eigenvalue weighted by Crippen LogP contribution is -2.03. The van der Waals surface area contributed by atoms with Crippen molar-refractivity contribution < 1.29 is 12.8 Å². The van der Waals surface area contributed by atoms with Crippen LogP contribution in [0.2, 0.25) is 0 Å². The summed E-state index contributed by atoms with van der Waals surface area (Å²) >= 11 is 1.12. The minimum atomic E-state index is -3.47. The fraction of sp³-hybridized carbons (Fsp3) is 0.0833. The summed E-state index contributed by atoms with van der Waals surface area (Å²) in [5, 5.41) is 10.4. The number of hydrogen-bond donors (Lipinski definition) is 0. The van der Waals surface area contributed by atoms with Crippen molar-refractivity contribution in [3.8, 4) is 6.07 Å². The number of hydrogen-bond acceptors (Lipinski definition) is 4. The molecule has 0 aliphatic heterocycles. The van der Waals surface area contributed by atoms with Crippen LogP contribution in [0.1, 0.15) is 11.1 Å². The molecule has 2 rings (SSSR count). The highest BCUT2D eigenvalue weighted by Crippen LogP contribution is 2.22. The van der Waals surface area contributed by atoms with Gasteiger partial charge >= 0.3 is 0 Å². The molecule has 2 aromatic rings. The Morgan fingerprint density at radius 3 is 2.72 bits per heavy atom. The lowest BCUT2D eigenvalue weighted by atomic mass is 10.1. The largest absolute Gasteiger partial charge is 0.223 e. The van der Waals surface area contributed by atoms with E-state index in [0.29, 0.717) is 0 Å². The number of nitriles is 1. The Balaban J connectivity index is 2.36. The van der Waals surface area contributed by atoms with Crippen LogP contribution in [0.15, 0.2) is 39.9 Å². The molecular weight excluding hydrogens is 273 g/mol. The van der Waals surface area contributed by atoms with E-state index in [1.165, 1.54) is 12.1 Å². The number of sulfone groups is 1. The predicted molar refractivity (Wildman–Crippen MR) is 66.3 cm³/mol. The standard InChI is InChI=1S/C12H8FNO2S2/c13-11-5-9(7-14)4-10(6-11)8-18(15,16)12-2-1-3-17-12/h1-6H,8H2. The SMILES string of the molecule is N#Cc1cc(F)cc(CS(=O)(=O)c2cccs2)c1. The third-order valence-electron chi connectivity index (χ3n) is 2.24. The summed E-state index contributed by atoms with van der Waals surface area (Å²) in [6, 6.07) is 8.53. The van der Waals surface area contributed by atoms with Crippen molar-refractivity contribution in [2.45, 2.75) is 9.96 Å². The number of halogens is 1. The molecule has 0 saturated heterocycles. The van der Waals surface area contributed by atoms with Crippen molar-refractivity contribution in [3.63, 3.8) is 0 Å². The van der Waals surface area contributed by atoms with E-state index in [0.717, 1.165) is 23.5 Å². The van der Waals surface area contributed by atoms with Crippen molar-refractivity contribution in [1.82, 2.24) is 0 Å². The van der Waals surface area contributed by atoms with Crippen LogP contribution in [0.3, 0.4) is 0 Å². The molecule has 1 heterocycles. The van der Waals surface area contributed by atoms with Crippen LogP contribution in [0.5, 0.6) is 0 Å². The molecule has 0 bridgehead atoms. The average Bonchev–Trinajstić information content (AvgIpc) is 2.81. The molecule has 3 nitrogen and oxygen atoms in total. The van der Waals surface area contributed by atoms with E-state index >= 15 is 0 Å². The van der Waals surface area contributed by atoms with E-state index in [2.05, 4.69) is 0 Å². The van der Waals surface area contributed by atoms with Crippen LogP contribution in [0.4, 0.5) is 4.39 Å². The summed E-state index contributed by atoms with van der Waals surface area (Å²) in [5.74, 6) is -0.912. The average molecular weight is 281 g/mol. The first-order valence-corrected chi connectivity index (χ1v) is 7.50. The Morgan fingerprint density at radius 2 is 2.11 bits per heavy atom. The maximum atomic E-state index is 13.2. The van der Waals surface area contributed by atoms with Gasteiger partial charge in [0.15, 0.2) is 9.84 Å². The van der Waals surface area contributed by atoms with E-state index in [4.69, 9.17) is 5.26 Å². The molecule has 0 unspecified atom stereocenters. The zero-order valence-electron chi connectivity index (χ0n) is 9.13. The summed E-state index contributed by atoms with van der Waals surface area (Å²) in [7, 11) is -3.47. The van der Waals surface area contributed by atoms with Gasteiger partial charge in [-0.25, -0.2) is 12.8 Å². The Kier molecular flexibility index (Phi) is 3.45. The first-order chi connectivity index (χ1) is 8.51. The Hall–Kier alpha value is -1.71. The highest BCUT2D eigenvalue weighted by molar-refractivity contribution is 7.92. The van der Waals surface area contributed by atoms with Crippen molar-refractivity contribution in [2.75, 3.05) is 0 Å². The number of thiophene rings is 1. The van der Waals surface area contributed by atoms with Crippen molar-refractivity contribution in [3.05, 3.63) is 52.7 Å². The first-order valence-electron chi connectivity index (χ1n) is 4.97. The molecule has 0 spiro atoms. The molecule has 92 valence electrons. The first kappa shape index (κ1) is 12.7. The minimum absolute atomic E-state index is 0.117. The van der Waals surface area contributed by atoms with Crippen LogP contribution in [-0.2, 0) is 15.6 Å². The van der Waals surface area contributed by atoms with E-state index in [-0.39, 0.29) is 21.1 Å². The van der Waals surface area contributed by atoms with Crippen LogP contribution in [-0.4, -0.2) is 8.42 Å². The predicted octanol–water partition coefficient (Wildman–Crippen LogP) is 2.73. The van der Waals surface area contributed by atoms with Crippen LogP contribution < -0.4 is 0 Å².